The molecule has 17 heavy (non-hydrogen) atoms. The molecule has 86 valence electrons. The average molecular weight is 251 g/mol. The molecule has 0 amide bonds. The number of hydrogen-bond acceptors (Lipinski definition) is 4. The zero-order valence-electron chi connectivity index (χ0n) is 8.50. The summed E-state index contributed by atoms with van der Waals surface area (Å²) in [7, 11) is 0. The number of carboxylic acid groups (broad SMARTS) is 1. The monoisotopic (exact) mass is 250 g/mol. The van der Waals surface area contributed by atoms with Crippen molar-refractivity contribution in [3.8, 4) is 11.6 Å². The van der Waals surface area contributed by atoms with Gasteiger partial charge in [-0.25, -0.2) is 14.8 Å². The minimum absolute atomic E-state index is 0.0175. The van der Waals surface area contributed by atoms with Gasteiger partial charge >= 0.3 is 5.97 Å². The summed E-state index contributed by atoms with van der Waals surface area (Å²) in [4.78, 5) is 18.6. The molecule has 0 aliphatic carbocycles. The summed E-state index contributed by atoms with van der Waals surface area (Å²) in [6.45, 7) is 0. The number of rotatable bonds is 3. The van der Waals surface area contributed by atoms with Crippen molar-refractivity contribution in [3.05, 3.63) is 47.4 Å². The van der Waals surface area contributed by atoms with Gasteiger partial charge in [0.25, 0.3) is 0 Å². The summed E-state index contributed by atoms with van der Waals surface area (Å²) in [5.41, 5.74) is -0.0175. The normalized spacial score (nSPS) is 9.94. The fraction of sp³-hybridized carbons (Fsp3) is 0. The first-order valence-corrected chi connectivity index (χ1v) is 5.01. The first kappa shape index (κ1) is 11.3. The maximum atomic E-state index is 11.0. The van der Waals surface area contributed by atoms with Crippen LogP contribution in [0.2, 0.25) is 5.02 Å². The molecule has 0 unspecified atom stereocenters. The van der Waals surface area contributed by atoms with Crippen molar-refractivity contribution in [3.63, 3.8) is 0 Å². The summed E-state index contributed by atoms with van der Waals surface area (Å²) in [5, 5.41) is 9.33. The second kappa shape index (κ2) is 4.80. The Labute approximate surface area is 102 Å². The molecule has 2 rings (SSSR count). The number of aromatic carboxylic acids is 1. The number of halogens is 1. The minimum atomic E-state index is -1.11. The van der Waals surface area contributed by atoms with E-state index in [1.807, 2.05) is 0 Å². The topological polar surface area (TPSA) is 72.3 Å². The third kappa shape index (κ3) is 2.70. The van der Waals surface area contributed by atoms with E-state index in [9.17, 15) is 4.79 Å². The standard InChI is InChI=1S/C11H7ClN2O3/c12-7-1-2-9(8(5-7)11(15)16)17-10-3-4-13-6-14-10/h1-6H,(H,15,16). The van der Waals surface area contributed by atoms with Crippen molar-refractivity contribution in [2.24, 2.45) is 0 Å². The van der Waals surface area contributed by atoms with E-state index >= 15 is 0 Å². The van der Waals surface area contributed by atoms with Crippen LogP contribution in [0.1, 0.15) is 10.4 Å². The van der Waals surface area contributed by atoms with Gasteiger partial charge in [0.05, 0.1) is 0 Å². The van der Waals surface area contributed by atoms with Gasteiger partial charge in [0.15, 0.2) is 0 Å². The molecule has 5 nitrogen and oxygen atoms in total. The maximum absolute atomic E-state index is 11.0. The Morgan fingerprint density at radius 2 is 2.18 bits per heavy atom. The van der Waals surface area contributed by atoms with E-state index in [0.29, 0.717) is 5.02 Å². The van der Waals surface area contributed by atoms with Crippen LogP contribution in [0.4, 0.5) is 0 Å². The van der Waals surface area contributed by atoms with Crippen LogP contribution >= 0.6 is 11.6 Å². The van der Waals surface area contributed by atoms with E-state index in [0.717, 1.165) is 0 Å². The Balaban J connectivity index is 2.36. The lowest BCUT2D eigenvalue weighted by atomic mass is 10.2. The van der Waals surface area contributed by atoms with Crippen LogP contribution < -0.4 is 4.74 Å². The highest BCUT2D eigenvalue weighted by molar-refractivity contribution is 6.31. The number of nitrogens with zero attached hydrogens (tertiary/aromatic N) is 2. The number of carboxylic acids is 1. The lowest BCUT2D eigenvalue weighted by Gasteiger charge is -2.07. The number of ether oxygens (including phenoxy) is 1. The summed E-state index contributed by atoms with van der Waals surface area (Å²) in [6.07, 6.45) is 2.81. The number of benzene rings is 1. The Kier molecular flexibility index (Phi) is 3.20. The number of carbonyl (C=O) groups is 1. The molecule has 0 aliphatic rings. The van der Waals surface area contributed by atoms with Crippen molar-refractivity contribution in [2.75, 3.05) is 0 Å². The molecule has 0 saturated heterocycles. The molecule has 2 aromatic rings. The molecule has 0 spiro atoms. The molecule has 1 aromatic heterocycles. The summed E-state index contributed by atoms with van der Waals surface area (Å²) in [5.74, 6) is -0.665. The second-order valence-electron chi connectivity index (χ2n) is 3.10. The van der Waals surface area contributed by atoms with Crippen LogP contribution in [-0.2, 0) is 0 Å². The smallest absolute Gasteiger partial charge is 0.339 e. The molecule has 0 bridgehead atoms. The first-order valence-electron chi connectivity index (χ1n) is 4.63. The fourth-order valence-electron chi connectivity index (χ4n) is 1.21. The highest BCUT2D eigenvalue weighted by Crippen LogP contribution is 2.26. The molecule has 0 fully saturated rings. The van der Waals surface area contributed by atoms with Gasteiger partial charge in [-0.1, -0.05) is 11.6 Å². The van der Waals surface area contributed by atoms with Crippen LogP contribution in [0.5, 0.6) is 11.6 Å². The van der Waals surface area contributed by atoms with Crippen molar-refractivity contribution >= 4 is 17.6 Å². The van der Waals surface area contributed by atoms with E-state index in [1.54, 1.807) is 6.07 Å². The van der Waals surface area contributed by atoms with Crippen molar-refractivity contribution in [1.82, 2.24) is 9.97 Å². The van der Waals surface area contributed by atoms with Gasteiger partial charge in [0, 0.05) is 17.3 Å². The molecule has 0 aliphatic heterocycles. The lowest BCUT2D eigenvalue weighted by molar-refractivity contribution is 0.0694. The van der Waals surface area contributed by atoms with Crippen LogP contribution in [0.3, 0.4) is 0 Å². The maximum Gasteiger partial charge on any atom is 0.339 e. The van der Waals surface area contributed by atoms with Crippen LogP contribution in [-0.4, -0.2) is 21.0 Å². The highest BCUT2D eigenvalue weighted by Gasteiger charge is 2.13. The molecule has 0 radical (unpaired) electrons. The molecular formula is C11H7ClN2O3. The molecule has 0 atom stereocenters. The third-order valence-corrected chi connectivity index (χ3v) is 2.18. The van der Waals surface area contributed by atoms with Crippen LogP contribution in [0, 0.1) is 0 Å². The lowest BCUT2D eigenvalue weighted by Crippen LogP contribution is -2.00. The number of hydrogen-bond donors (Lipinski definition) is 1. The Hall–Kier alpha value is -2.14. The van der Waals surface area contributed by atoms with Gasteiger partial charge in [-0.2, -0.15) is 0 Å². The van der Waals surface area contributed by atoms with Crippen molar-refractivity contribution in [1.29, 1.82) is 0 Å². The second-order valence-corrected chi connectivity index (χ2v) is 3.53. The fourth-order valence-corrected chi connectivity index (χ4v) is 1.38. The van der Waals surface area contributed by atoms with Crippen LogP contribution in [0.15, 0.2) is 36.8 Å². The van der Waals surface area contributed by atoms with Gasteiger partial charge in [0.1, 0.15) is 17.6 Å². The zero-order valence-corrected chi connectivity index (χ0v) is 9.26. The van der Waals surface area contributed by atoms with Gasteiger partial charge in [0.2, 0.25) is 5.88 Å². The van der Waals surface area contributed by atoms with E-state index in [-0.39, 0.29) is 17.2 Å². The van der Waals surface area contributed by atoms with Crippen molar-refractivity contribution < 1.29 is 14.6 Å². The predicted molar refractivity (Wildman–Crippen MR) is 60.5 cm³/mol. The molecule has 1 N–H and O–H groups in total. The molecule has 0 saturated carbocycles. The van der Waals surface area contributed by atoms with Crippen LogP contribution in [0.25, 0.3) is 0 Å². The largest absolute Gasteiger partial charge is 0.478 e. The minimum Gasteiger partial charge on any atom is -0.478 e. The first-order chi connectivity index (χ1) is 8.16. The highest BCUT2D eigenvalue weighted by atomic mass is 35.5. The Bertz CT molecular complexity index is 546. The zero-order chi connectivity index (χ0) is 12.3. The Morgan fingerprint density at radius 1 is 1.35 bits per heavy atom. The Morgan fingerprint density at radius 3 is 2.82 bits per heavy atom. The molecule has 6 heteroatoms. The van der Waals surface area contributed by atoms with E-state index in [1.165, 1.54) is 30.7 Å². The quantitative estimate of drug-likeness (QED) is 0.907. The molecular weight excluding hydrogens is 244 g/mol. The SMILES string of the molecule is O=C(O)c1cc(Cl)ccc1Oc1ccncn1. The predicted octanol–water partition coefficient (Wildman–Crippen LogP) is 2.62. The summed E-state index contributed by atoms with van der Waals surface area (Å²) in [6, 6.07) is 5.87. The average Bonchev–Trinajstić information content (AvgIpc) is 2.32. The van der Waals surface area contributed by atoms with E-state index in [2.05, 4.69) is 9.97 Å². The van der Waals surface area contributed by atoms with E-state index in [4.69, 9.17) is 21.4 Å². The number of aromatic nitrogens is 2. The molecule has 1 heterocycles. The van der Waals surface area contributed by atoms with Gasteiger partial charge in [-0.15, -0.1) is 0 Å². The van der Waals surface area contributed by atoms with Gasteiger partial charge < -0.3 is 9.84 Å². The summed E-state index contributed by atoms with van der Waals surface area (Å²) >= 11 is 5.72. The van der Waals surface area contributed by atoms with Crippen molar-refractivity contribution in [2.45, 2.75) is 0 Å². The summed E-state index contributed by atoms with van der Waals surface area (Å²) < 4.78 is 5.34. The van der Waals surface area contributed by atoms with Gasteiger partial charge in [-0.05, 0) is 18.2 Å². The van der Waals surface area contributed by atoms with E-state index < -0.39 is 5.97 Å². The molecule has 1 aromatic carbocycles. The van der Waals surface area contributed by atoms with Gasteiger partial charge in [-0.3, -0.25) is 0 Å². The third-order valence-electron chi connectivity index (χ3n) is 1.94.